The summed E-state index contributed by atoms with van der Waals surface area (Å²) in [7, 11) is 0. The van der Waals surface area contributed by atoms with Gasteiger partial charge in [0.05, 0.1) is 19.1 Å². The number of unbranched alkanes of at least 4 members (excludes halogenated alkanes) is 24. The summed E-state index contributed by atoms with van der Waals surface area (Å²) < 4.78 is 11.0. The quantitative estimate of drug-likeness (QED) is 0.0541. The Morgan fingerprint density at radius 2 is 0.846 bits per heavy atom. The fourth-order valence-corrected chi connectivity index (χ4v) is 6.78. The van der Waals surface area contributed by atoms with Crippen LogP contribution in [0.25, 0.3) is 0 Å². The van der Waals surface area contributed by atoms with Crippen molar-refractivity contribution in [2.45, 2.75) is 206 Å². The van der Waals surface area contributed by atoms with E-state index in [1.807, 2.05) is 30.3 Å². The lowest BCUT2D eigenvalue weighted by Crippen LogP contribution is -2.47. The van der Waals surface area contributed by atoms with E-state index in [0.29, 0.717) is 19.3 Å². The molecule has 1 aromatic rings. The van der Waals surface area contributed by atoms with Crippen LogP contribution in [0.5, 0.6) is 0 Å². The first kappa shape index (κ1) is 47.6. The van der Waals surface area contributed by atoms with Gasteiger partial charge in [0.1, 0.15) is 13.2 Å². The van der Waals surface area contributed by atoms with Crippen LogP contribution in [0.4, 0.5) is 0 Å². The van der Waals surface area contributed by atoms with Crippen molar-refractivity contribution in [3.63, 3.8) is 0 Å². The summed E-state index contributed by atoms with van der Waals surface area (Å²) in [5.74, 6) is -0.689. The molecule has 0 aromatic heterocycles. The molecule has 0 aliphatic heterocycles. The molecule has 1 amide bonds. The molecule has 7 heteroatoms. The summed E-state index contributed by atoms with van der Waals surface area (Å²) in [6.07, 6.45) is 34.0. The molecule has 0 aliphatic carbocycles. The number of nitrogens with two attached hydrogens (primary N) is 1. The molecule has 2 N–H and O–H groups in total. The molecule has 1 aromatic carbocycles. The Labute approximate surface area is 319 Å². The molecule has 0 saturated carbocycles. The summed E-state index contributed by atoms with van der Waals surface area (Å²) in [5, 5.41) is 0. The van der Waals surface area contributed by atoms with E-state index >= 15 is 0 Å². The van der Waals surface area contributed by atoms with Gasteiger partial charge in [-0.05, 0) is 24.8 Å². The Bertz CT molecular complexity index is 924. The van der Waals surface area contributed by atoms with E-state index in [2.05, 4.69) is 13.8 Å². The van der Waals surface area contributed by atoms with Crippen LogP contribution in [0.15, 0.2) is 30.3 Å². The van der Waals surface area contributed by atoms with Gasteiger partial charge in [-0.2, -0.15) is 0 Å². The number of ether oxygens (including phenoxy) is 2. The summed E-state index contributed by atoms with van der Waals surface area (Å²) in [5.41, 5.74) is 7.31. The Hall–Kier alpha value is -2.41. The maximum Gasteiger partial charge on any atom is 0.305 e. The van der Waals surface area contributed by atoms with Gasteiger partial charge in [0, 0.05) is 12.8 Å². The minimum atomic E-state index is -0.731. The maximum atomic E-state index is 13.3. The van der Waals surface area contributed by atoms with E-state index in [9.17, 15) is 14.4 Å². The molecular weight excluding hydrogens is 649 g/mol. The fourth-order valence-electron chi connectivity index (χ4n) is 6.78. The van der Waals surface area contributed by atoms with Crippen molar-refractivity contribution < 1.29 is 23.9 Å². The van der Waals surface area contributed by atoms with Crippen molar-refractivity contribution in [3.8, 4) is 0 Å². The van der Waals surface area contributed by atoms with Gasteiger partial charge in [0.25, 0.3) is 0 Å². The number of hydrogen-bond acceptors (Lipinski definition) is 6. The molecule has 0 spiro atoms. The second-order valence-corrected chi connectivity index (χ2v) is 15.0. The van der Waals surface area contributed by atoms with Crippen LogP contribution in [0, 0.1) is 0 Å². The van der Waals surface area contributed by atoms with Gasteiger partial charge in [0.2, 0.25) is 5.91 Å². The van der Waals surface area contributed by atoms with Crippen LogP contribution in [0.1, 0.15) is 199 Å². The lowest BCUT2D eigenvalue weighted by atomic mass is 10.0. The van der Waals surface area contributed by atoms with Gasteiger partial charge >= 0.3 is 11.9 Å². The summed E-state index contributed by atoms with van der Waals surface area (Å²) in [4.78, 5) is 39.8. The Kier molecular flexibility index (Phi) is 32.6. The van der Waals surface area contributed by atoms with E-state index in [1.165, 1.54) is 128 Å². The first-order valence-electron chi connectivity index (χ1n) is 21.9. The third kappa shape index (κ3) is 29.1. The maximum absolute atomic E-state index is 13.3. The van der Waals surface area contributed by atoms with Gasteiger partial charge in [-0.25, -0.2) is 0 Å². The monoisotopic (exact) mass is 729 g/mol. The highest BCUT2D eigenvalue weighted by Gasteiger charge is 2.22. The molecule has 1 unspecified atom stereocenters. The molecule has 0 heterocycles. The third-order valence-electron chi connectivity index (χ3n) is 10.1. The summed E-state index contributed by atoms with van der Waals surface area (Å²) in [6.45, 7) is 5.18. The molecule has 0 fully saturated rings. The van der Waals surface area contributed by atoms with Crippen LogP contribution in [-0.4, -0.2) is 55.1 Å². The van der Waals surface area contributed by atoms with Gasteiger partial charge in [-0.1, -0.05) is 198 Å². The highest BCUT2D eigenvalue weighted by atomic mass is 16.5. The van der Waals surface area contributed by atoms with E-state index in [4.69, 9.17) is 15.2 Å². The largest absolute Gasteiger partial charge is 0.464 e. The third-order valence-corrected chi connectivity index (χ3v) is 10.1. The minimum Gasteiger partial charge on any atom is -0.464 e. The predicted octanol–water partition coefficient (Wildman–Crippen LogP) is 11.4. The van der Waals surface area contributed by atoms with Crippen molar-refractivity contribution in [1.29, 1.82) is 0 Å². The van der Waals surface area contributed by atoms with Crippen LogP contribution < -0.4 is 5.73 Å². The van der Waals surface area contributed by atoms with Crippen LogP contribution in [0.2, 0.25) is 0 Å². The summed E-state index contributed by atoms with van der Waals surface area (Å²) in [6, 6.07) is 8.96. The fraction of sp³-hybridized carbons (Fsp3) is 0.800. The van der Waals surface area contributed by atoms with Crippen molar-refractivity contribution >= 4 is 17.8 Å². The lowest BCUT2D eigenvalue weighted by molar-refractivity contribution is -0.148. The standard InChI is InChI=1S/C45H80N2O5/c1-3-5-7-9-11-13-15-17-19-21-23-25-30-34-43(48)51-38-36-47(45(50)42(46)40-41-32-28-27-29-33-41)37-39-52-44(49)35-31-26-24-22-20-18-16-14-12-10-8-6-4-2/h27-29,32-33,42H,3-26,30-31,34-40,46H2,1-2H3. The highest BCUT2D eigenvalue weighted by Crippen LogP contribution is 2.15. The number of rotatable bonds is 37. The van der Waals surface area contributed by atoms with Gasteiger partial charge in [-0.3, -0.25) is 14.4 Å². The molecule has 0 aliphatic rings. The van der Waals surface area contributed by atoms with Crippen LogP contribution in [-0.2, 0) is 30.3 Å². The van der Waals surface area contributed by atoms with E-state index in [0.717, 1.165) is 44.1 Å². The number of benzene rings is 1. The molecule has 0 radical (unpaired) electrons. The predicted molar refractivity (Wildman–Crippen MR) is 217 cm³/mol. The smallest absolute Gasteiger partial charge is 0.305 e. The van der Waals surface area contributed by atoms with Crippen molar-refractivity contribution in [1.82, 2.24) is 4.90 Å². The number of nitrogens with zero attached hydrogens (tertiary/aromatic N) is 1. The zero-order valence-electron chi connectivity index (χ0n) is 33.9. The van der Waals surface area contributed by atoms with E-state index in [-0.39, 0.29) is 44.1 Å². The Balaban J connectivity index is 2.26. The molecule has 52 heavy (non-hydrogen) atoms. The molecule has 1 atom stereocenters. The molecule has 300 valence electrons. The summed E-state index contributed by atoms with van der Waals surface area (Å²) >= 11 is 0. The SMILES string of the molecule is CCCCCCCCCCCCCCCC(=O)OCCN(CCOC(=O)CCCCCCCCCCCCCCC)C(=O)C(N)Cc1ccccc1. The molecule has 0 bridgehead atoms. The average molecular weight is 729 g/mol. The molecule has 7 nitrogen and oxygen atoms in total. The number of hydrogen-bond donors (Lipinski definition) is 1. The number of esters is 2. The second kappa shape index (κ2) is 35.6. The second-order valence-electron chi connectivity index (χ2n) is 15.0. The van der Waals surface area contributed by atoms with Crippen LogP contribution >= 0.6 is 0 Å². The topological polar surface area (TPSA) is 98.9 Å². The van der Waals surface area contributed by atoms with Crippen molar-refractivity contribution in [2.24, 2.45) is 5.73 Å². The average Bonchev–Trinajstić information content (AvgIpc) is 3.14. The van der Waals surface area contributed by atoms with E-state index < -0.39 is 6.04 Å². The Morgan fingerprint density at radius 3 is 1.19 bits per heavy atom. The lowest BCUT2D eigenvalue weighted by Gasteiger charge is -2.25. The molecule has 1 rings (SSSR count). The molecular formula is C45H80N2O5. The first-order valence-corrected chi connectivity index (χ1v) is 21.9. The van der Waals surface area contributed by atoms with Crippen molar-refractivity contribution in [2.75, 3.05) is 26.3 Å². The molecule has 0 saturated heterocycles. The van der Waals surface area contributed by atoms with Gasteiger partial charge in [-0.15, -0.1) is 0 Å². The number of amides is 1. The van der Waals surface area contributed by atoms with E-state index in [1.54, 1.807) is 4.90 Å². The first-order chi connectivity index (χ1) is 25.5. The normalized spacial score (nSPS) is 11.8. The number of carbonyl (C=O) groups excluding carboxylic acids is 3. The zero-order valence-corrected chi connectivity index (χ0v) is 33.9. The highest BCUT2D eigenvalue weighted by molar-refractivity contribution is 5.82. The van der Waals surface area contributed by atoms with Gasteiger partial charge in [0.15, 0.2) is 0 Å². The van der Waals surface area contributed by atoms with Gasteiger partial charge < -0.3 is 20.1 Å². The van der Waals surface area contributed by atoms with Crippen LogP contribution in [0.3, 0.4) is 0 Å². The zero-order chi connectivity index (χ0) is 37.7. The number of carbonyl (C=O) groups is 3. The van der Waals surface area contributed by atoms with Crippen molar-refractivity contribution in [3.05, 3.63) is 35.9 Å². The Morgan fingerprint density at radius 1 is 0.519 bits per heavy atom. The minimum absolute atomic E-state index is 0.105.